The summed E-state index contributed by atoms with van der Waals surface area (Å²) in [6, 6.07) is 21.3. The molecule has 0 aromatic heterocycles. The fraction of sp³-hybridized carbons (Fsp3) is 0.233. The Morgan fingerprint density at radius 1 is 1.10 bits per heavy atom. The van der Waals surface area contributed by atoms with E-state index in [4.69, 9.17) is 4.74 Å². The van der Waals surface area contributed by atoms with Crippen molar-refractivity contribution >= 4 is 46.2 Å². The van der Waals surface area contributed by atoms with E-state index in [-0.39, 0.29) is 11.6 Å². The smallest absolute Gasteiger partial charge is 0.415 e. The molecule has 2 heterocycles. The molecular formula is C30H29N5O5. The lowest BCUT2D eigenvalue weighted by Gasteiger charge is -2.25. The van der Waals surface area contributed by atoms with Crippen LogP contribution in [0.15, 0.2) is 77.8 Å². The summed E-state index contributed by atoms with van der Waals surface area (Å²) < 4.78 is 5.52. The molecule has 0 aliphatic carbocycles. The van der Waals surface area contributed by atoms with Gasteiger partial charge < -0.3 is 15.4 Å². The summed E-state index contributed by atoms with van der Waals surface area (Å²) in [6.07, 6.45) is 0.0579. The van der Waals surface area contributed by atoms with Crippen molar-refractivity contribution < 1.29 is 19.2 Å². The molecule has 0 saturated carbocycles. The topological polar surface area (TPSA) is 126 Å². The summed E-state index contributed by atoms with van der Waals surface area (Å²) in [5, 5.41) is 17.6. The fourth-order valence-electron chi connectivity index (χ4n) is 4.59. The molecule has 40 heavy (non-hydrogen) atoms. The third-order valence-corrected chi connectivity index (χ3v) is 6.40. The Kier molecular flexibility index (Phi) is 7.08. The van der Waals surface area contributed by atoms with Gasteiger partial charge in [0, 0.05) is 35.5 Å². The molecule has 10 nitrogen and oxygen atoms in total. The van der Waals surface area contributed by atoms with Crippen molar-refractivity contribution in [1.82, 2.24) is 4.90 Å². The lowest BCUT2D eigenvalue weighted by atomic mass is 9.99. The van der Waals surface area contributed by atoms with Gasteiger partial charge in [-0.15, -0.1) is 0 Å². The van der Waals surface area contributed by atoms with Gasteiger partial charge >= 0.3 is 6.09 Å². The standard InChI is InChI=1S/C30H29N5O5/c1-30(2,3)40-29(37)34-16-15-31-25(34)17-19-9-11-21(12-10-19)32-27(20-7-5-4-6-8-20)26-23-18-22(35(38)39)13-14-24(23)33-28(26)36/h4-14,18,32H,15-17H2,1-3H3,(H,33,36). The molecule has 2 aliphatic heterocycles. The molecule has 0 radical (unpaired) electrons. The third kappa shape index (κ3) is 5.70. The molecule has 3 aromatic carbocycles. The van der Waals surface area contributed by atoms with Crippen LogP contribution in [0.4, 0.5) is 21.9 Å². The Labute approximate surface area is 231 Å². The van der Waals surface area contributed by atoms with Crippen LogP contribution in [0.5, 0.6) is 0 Å². The highest BCUT2D eigenvalue weighted by Crippen LogP contribution is 2.39. The van der Waals surface area contributed by atoms with Gasteiger partial charge in [0.2, 0.25) is 0 Å². The first kappa shape index (κ1) is 26.6. The maximum absolute atomic E-state index is 13.1. The van der Waals surface area contributed by atoms with E-state index in [0.29, 0.717) is 47.9 Å². The number of nitro groups is 1. The molecule has 204 valence electrons. The first-order valence-corrected chi connectivity index (χ1v) is 12.9. The number of rotatable bonds is 6. The van der Waals surface area contributed by atoms with Crippen molar-refractivity contribution in [3.63, 3.8) is 0 Å². The molecule has 3 aromatic rings. The number of carbonyl (C=O) groups is 2. The van der Waals surface area contributed by atoms with Gasteiger partial charge in [0.05, 0.1) is 29.3 Å². The number of amidine groups is 1. The fourth-order valence-corrected chi connectivity index (χ4v) is 4.59. The second-order valence-electron chi connectivity index (χ2n) is 10.5. The van der Waals surface area contributed by atoms with E-state index in [1.54, 1.807) is 11.0 Å². The summed E-state index contributed by atoms with van der Waals surface area (Å²) in [6.45, 7) is 6.51. The number of nitrogens with zero attached hydrogens (tertiary/aromatic N) is 3. The number of non-ortho nitro benzene ring substituents is 1. The van der Waals surface area contributed by atoms with Crippen molar-refractivity contribution in [2.24, 2.45) is 4.99 Å². The van der Waals surface area contributed by atoms with Gasteiger partial charge in [-0.3, -0.25) is 24.8 Å². The van der Waals surface area contributed by atoms with E-state index < -0.39 is 16.6 Å². The van der Waals surface area contributed by atoms with E-state index in [0.717, 1.165) is 16.8 Å². The van der Waals surface area contributed by atoms with Crippen LogP contribution in [0.3, 0.4) is 0 Å². The van der Waals surface area contributed by atoms with E-state index in [9.17, 15) is 19.7 Å². The quantitative estimate of drug-likeness (QED) is 0.234. The number of amides is 2. The van der Waals surface area contributed by atoms with Crippen LogP contribution in [-0.4, -0.2) is 46.3 Å². The van der Waals surface area contributed by atoms with Crippen molar-refractivity contribution in [2.45, 2.75) is 32.8 Å². The predicted octanol–water partition coefficient (Wildman–Crippen LogP) is 5.72. The molecule has 0 bridgehead atoms. The normalized spacial score (nSPS) is 15.7. The molecule has 10 heteroatoms. The van der Waals surface area contributed by atoms with E-state index in [1.807, 2.05) is 75.4 Å². The van der Waals surface area contributed by atoms with Crippen LogP contribution < -0.4 is 10.6 Å². The summed E-state index contributed by atoms with van der Waals surface area (Å²) in [5.74, 6) is 0.308. The zero-order valence-corrected chi connectivity index (χ0v) is 22.4. The summed E-state index contributed by atoms with van der Waals surface area (Å²) in [5.41, 5.74) is 3.57. The van der Waals surface area contributed by atoms with Crippen LogP contribution in [0.1, 0.15) is 37.5 Å². The molecule has 0 spiro atoms. The average molecular weight is 540 g/mol. The number of fused-ring (bicyclic) bond motifs is 1. The molecule has 5 rings (SSSR count). The predicted molar refractivity (Wildman–Crippen MR) is 154 cm³/mol. The number of benzene rings is 3. The van der Waals surface area contributed by atoms with Crippen LogP contribution in [0.25, 0.3) is 11.3 Å². The zero-order chi connectivity index (χ0) is 28.4. The zero-order valence-electron chi connectivity index (χ0n) is 22.4. The summed E-state index contributed by atoms with van der Waals surface area (Å²) in [7, 11) is 0. The lowest BCUT2D eigenvalue weighted by Crippen LogP contribution is -2.39. The number of hydrogen-bond donors (Lipinski definition) is 2. The maximum atomic E-state index is 13.1. The summed E-state index contributed by atoms with van der Waals surface area (Å²) in [4.78, 5) is 42.7. The van der Waals surface area contributed by atoms with Crippen LogP contribution in [0, 0.1) is 10.1 Å². The number of hydrogen-bond acceptors (Lipinski definition) is 7. The number of aliphatic imine (C=N–C) groups is 1. The highest BCUT2D eigenvalue weighted by Gasteiger charge is 2.31. The van der Waals surface area contributed by atoms with Crippen molar-refractivity contribution in [3.8, 4) is 0 Å². The monoisotopic (exact) mass is 539 g/mol. The van der Waals surface area contributed by atoms with Crippen molar-refractivity contribution in [2.75, 3.05) is 23.7 Å². The highest BCUT2D eigenvalue weighted by molar-refractivity contribution is 6.37. The average Bonchev–Trinajstić information content (AvgIpc) is 3.51. The van der Waals surface area contributed by atoms with Crippen molar-refractivity contribution in [3.05, 3.63) is 99.6 Å². The molecule has 0 fully saturated rings. The minimum absolute atomic E-state index is 0.0974. The minimum atomic E-state index is -0.593. The van der Waals surface area contributed by atoms with E-state index in [2.05, 4.69) is 15.6 Å². The molecule has 0 saturated heterocycles. The molecular weight excluding hydrogens is 510 g/mol. The molecule has 0 atom stereocenters. The number of nitro benzene ring substituents is 1. The van der Waals surface area contributed by atoms with Gasteiger partial charge in [-0.05, 0) is 50.1 Å². The Hall–Kier alpha value is -4.99. The van der Waals surface area contributed by atoms with E-state index >= 15 is 0 Å². The van der Waals surface area contributed by atoms with Gasteiger partial charge in [-0.1, -0.05) is 42.5 Å². The first-order valence-electron chi connectivity index (χ1n) is 12.9. The Morgan fingerprint density at radius 2 is 1.82 bits per heavy atom. The van der Waals surface area contributed by atoms with Gasteiger partial charge in [-0.2, -0.15) is 0 Å². The Balaban J connectivity index is 1.42. The molecule has 2 N–H and O–H groups in total. The number of nitrogens with one attached hydrogen (secondary N) is 2. The van der Waals surface area contributed by atoms with Crippen LogP contribution >= 0.6 is 0 Å². The van der Waals surface area contributed by atoms with Gasteiger partial charge in [0.15, 0.2) is 0 Å². The van der Waals surface area contributed by atoms with E-state index in [1.165, 1.54) is 12.1 Å². The SMILES string of the molecule is CC(C)(C)OC(=O)N1CCN=C1Cc1ccc(NC(=C2C(=O)Nc3ccc([N+](=O)[O-])cc32)c2ccccc2)cc1. The molecule has 2 aliphatic rings. The van der Waals surface area contributed by atoms with Gasteiger partial charge in [-0.25, -0.2) is 4.79 Å². The Morgan fingerprint density at radius 3 is 2.50 bits per heavy atom. The first-order chi connectivity index (χ1) is 19.1. The molecule has 2 amide bonds. The minimum Gasteiger partial charge on any atom is -0.443 e. The van der Waals surface area contributed by atoms with Gasteiger partial charge in [0.1, 0.15) is 11.4 Å². The van der Waals surface area contributed by atoms with Crippen LogP contribution in [-0.2, 0) is 16.0 Å². The Bertz CT molecular complexity index is 1540. The number of carbonyl (C=O) groups excluding carboxylic acids is 2. The largest absolute Gasteiger partial charge is 0.443 e. The third-order valence-electron chi connectivity index (χ3n) is 6.40. The lowest BCUT2D eigenvalue weighted by molar-refractivity contribution is -0.384. The van der Waals surface area contributed by atoms with Crippen LogP contribution in [0.2, 0.25) is 0 Å². The molecule has 0 unspecified atom stereocenters. The highest BCUT2D eigenvalue weighted by atomic mass is 16.6. The number of anilines is 2. The van der Waals surface area contributed by atoms with Gasteiger partial charge in [0.25, 0.3) is 11.6 Å². The second-order valence-corrected chi connectivity index (χ2v) is 10.5. The number of ether oxygens (including phenoxy) is 1. The summed E-state index contributed by atoms with van der Waals surface area (Å²) >= 11 is 0. The maximum Gasteiger partial charge on any atom is 0.415 e. The second kappa shape index (κ2) is 10.6. The van der Waals surface area contributed by atoms with Crippen molar-refractivity contribution in [1.29, 1.82) is 0 Å².